The van der Waals surface area contributed by atoms with Crippen molar-refractivity contribution in [2.24, 2.45) is 0 Å². The fourth-order valence-corrected chi connectivity index (χ4v) is 5.11. The molecule has 0 saturated heterocycles. The van der Waals surface area contributed by atoms with Crippen molar-refractivity contribution < 1.29 is 9.18 Å². The molecule has 1 amide bonds. The Balaban J connectivity index is 1.69. The van der Waals surface area contributed by atoms with Crippen LogP contribution in [0.4, 0.5) is 15.8 Å². The highest BCUT2D eigenvalue weighted by molar-refractivity contribution is 7.21. The number of carbonyl (C=O) groups is 1. The van der Waals surface area contributed by atoms with E-state index in [2.05, 4.69) is 29.4 Å². The number of carbonyl (C=O) groups excluding carboxylic acids is 1. The molecule has 0 atom stereocenters. The average molecular weight is 433 g/mol. The predicted octanol–water partition coefficient (Wildman–Crippen LogP) is 4.92. The summed E-state index contributed by atoms with van der Waals surface area (Å²) in [5.41, 5.74) is 11.3. The molecule has 0 bridgehead atoms. The number of benzene rings is 2. The molecule has 4 aromatic rings. The maximum Gasteiger partial charge on any atom is 0.268 e. The number of thiophene rings is 1. The highest BCUT2D eigenvalue weighted by Crippen LogP contribution is 2.43. The second kappa shape index (κ2) is 7.76. The van der Waals surface area contributed by atoms with Crippen LogP contribution in [0.15, 0.2) is 54.6 Å². The number of hydrogen-bond donors (Lipinski definition) is 2. The second-order valence-corrected chi connectivity index (χ2v) is 8.72. The summed E-state index contributed by atoms with van der Waals surface area (Å²) in [4.78, 5) is 21.2. The summed E-state index contributed by atoms with van der Waals surface area (Å²) < 4.78 is 14.0. The standard InChI is InChI=1S/C24H21FN4OS/c1-29-12-11-17-15(13-29)19(14-7-3-2-4-8-14)20-21(26)22(31-24(20)28-17)23(30)27-18-10-6-5-9-16(18)25/h2-10H,11-13,26H2,1H3,(H,27,30). The fraction of sp³-hybridized carbons (Fsp3) is 0.167. The third kappa shape index (κ3) is 3.45. The number of nitrogens with two attached hydrogens (primary N) is 1. The highest BCUT2D eigenvalue weighted by Gasteiger charge is 2.27. The van der Waals surface area contributed by atoms with Crippen LogP contribution < -0.4 is 11.1 Å². The maximum absolute atomic E-state index is 14.0. The van der Waals surface area contributed by atoms with Crippen LogP contribution in [0.1, 0.15) is 20.9 Å². The van der Waals surface area contributed by atoms with Crippen LogP contribution in [0.25, 0.3) is 21.3 Å². The van der Waals surface area contributed by atoms with E-state index in [1.54, 1.807) is 12.1 Å². The van der Waals surface area contributed by atoms with Crippen molar-refractivity contribution >= 4 is 38.8 Å². The summed E-state index contributed by atoms with van der Waals surface area (Å²) in [6.45, 7) is 1.70. The van der Waals surface area contributed by atoms with Crippen LogP contribution in [0.3, 0.4) is 0 Å². The lowest BCUT2D eigenvalue weighted by Crippen LogP contribution is -2.27. The zero-order valence-electron chi connectivity index (χ0n) is 17.0. The molecule has 0 unspecified atom stereocenters. The number of likely N-dealkylation sites (N-methyl/N-ethyl adjacent to an activating group) is 1. The van der Waals surface area contributed by atoms with E-state index in [1.165, 1.54) is 23.5 Å². The minimum Gasteiger partial charge on any atom is -0.397 e. The predicted molar refractivity (Wildman–Crippen MR) is 124 cm³/mol. The van der Waals surface area contributed by atoms with Gasteiger partial charge in [-0.1, -0.05) is 42.5 Å². The van der Waals surface area contributed by atoms with Crippen molar-refractivity contribution in [2.45, 2.75) is 13.0 Å². The number of pyridine rings is 1. The van der Waals surface area contributed by atoms with E-state index in [1.807, 2.05) is 18.2 Å². The van der Waals surface area contributed by atoms with Gasteiger partial charge in [-0.25, -0.2) is 9.37 Å². The molecule has 156 valence electrons. The minimum absolute atomic E-state index is 0.126. The number of anilines is 2. The Labute approximate surface area is 183 Å². The number of amides is 1. The molecule has 1 aliphatic rings. The molecule has 0 radical (unpaired) electrons. The maximum atomic E-state index is 14.0. The van der Waals surface area contributed by atoms with Gasteiger partial charge in [0.2, 0.25) is 0 Å². The van der Waals surface area contributed by atoms with E-state index in [0.717, 1.165) is 52.1 Å². The van der Waals surface area contributed by atoms with E-state index in [-0.39, 0.29) is 5.69 Å². The molecule has 1 aliphatic heterocycles. The first kappa shape index (κ1) is 19.7. The lowest BCUT2D eigenvalue weighted by atomic mass is 9.92. The van der Waals surface area contributed by atoms with Crippen LogP contribution in [0, 0.1) is 5.82 Å². The molecule has 5 rings (SSSR count). The van der Waals surface area contributed by atoms with Gasteiger partial charge in [-0.3, -0.25) is 4.79 Å². The van der Waals surface area contributed by atoms with Crippen LogP contribution in [0.2, 0.25) is 0 Å². The van der Waals surface area contributed by atoms with Gasteiger partial charge in [0, 0.05) is 36.2 Å². The Kier molecular flexibility index (Phi) is 4.92. The van der Waals surface area contributed by atoms with E-state index >= 15 is 0 Å². The summed E-state index contributed by atoms with van der Waals surface area (Å²) in [7, 11) is 2.09. The lowest BCUT2D eigenvalue weighted by molar-refractivity contribution is 0.103. The first-order valence-electron chi connectivity index (χ1n) is 10.1. The van der Waals surface area contributed by atoms with Crippen LogP contribution in [-0.2, 0) is 13.0 Å². The molecular weight excluding hydrogens is 411 g/mol. The number of hydrogen-bond acceptors (Lipinski definition) is 5. The molecule has 7 heteroatoms. The fourth-order valence-electron chi connectivity index (χ4n) is 4.09. The van der Waals surface area contributed by atoms with Gasteiger partial charge in [0.1, 0.15) is 15.5 Å². The molecule has 31 heavy (non-hydrogen) atoms. The normalized spacial score (nSPS) is 13.9. The molecule has 0 spiro atoms. The highest BCUT2D eigenvalue weighted by atomic mass is 32.1. The van der Waals surface area contributed by atoms with E-state index < -0.39 is 11.7 Å². The molecule has 0 fully saturated rings. The van der Waals surface area contributed by atoms with Crippen LogP contribution in [-0.4, -0.2) is 29.4 Å². The first-order chi connectivity index (χ1) is 15.0. The number of aromatic nitrogens is 1. The number of rotatable bonds is 3. The molecule has 3 heterocycles. The number of nitrogens with zero attached hydrogens (tertiary/aromatic N) is 2. The molecule has 2 aromatic heterocycles. The number of halogens is 1. The smallest absolute Gasteiger partial charge is 0.268 e. The second-order valence-electron chi connectivity index (χ2n) is 7.72. The molecule has 0 aliphatic carbocycles. The van der Waals surface area contributed by atoms with Crippen molar-refractivity contribution in [3.05, 3.63) is 76.5 Å². The first-order valence-corrected chi connectivity index (χ1v) is 10.9. The summed E-state index contributed by atoms with van der Waals surface area (Å²) in [5.74, 6) is -0.920. The summed E-state index contributed by atoms with van der Waals surface area (Å²) >= 11 is 1.26. The third-order valence-corrected chi connectivity index (χ3v) is 6.71. The summed E-state index contributed by atoms with van der Waals surface area (Å²) in [6, 6.07) is 16.2. The summed E-state index contributed by atoms with van der Waals surface area (Å²) in [5, 5.41) is 3.44. The van der Waals surface area contributed by atoms with Crippen LogP contribution in [0.5, 0.6) is 0 Å². The van der Waals surface area contributed by atoms with Crippen molar-refractivity contribution in [3.63, 3.8) is 0 Å². The Morgan fingerprint density at radius 1 is 1.16 bits per heavy atom. The van der Waals surface area contributed by atoms with Crippen molar-refractivity contribution in [3.8, 4) is 11.1 Å². The molecular formula is C24H21FN4OS. The molecule has 0 saturated carbocycles. The Morgan fingerprint density at radius 2 is 1.90 bits per heavy atom. The largest absolute Gasteiger partial charge is 0.397 e. The van der Waals surface area contributed by atoms with Crippen LogP contribution >= 0.6 is 11.3 Å². The number of fused-ring (bicyclic) bond motifs is 2. The third-order valence-electron chi connectivity index (χ3n) is 5.61. The minimum atomic E-state index is -0.489. The van der Waals surface area contributed by atoms with Crippen molar-refractivity contribution in [1.29, 1.82) is 0 Å². The monoisotopic (exact) mass is 432 g/mol. The van der Waals surface area contributed by atoms with Gasteiger partial charge in [0.25, 0.3) is 5.91 Å². The Hall–Kier alpha value is -3.29. The van der Waals surface area contributed by atoms with Gasteiger partial charge in [0.05, 0.1) is 11.4 Å². The number of nitrogen functional groups attached to an aromatic ring is 1. The number of nitrogens with one attached hydrogen (secondary N) is 1. The van der Waals surface area contributed by atoms with Crippen molar-refractivity contribution in [2.75, 3.05) is 24.6 Å². The van der Waals surface area contributed by atoms with Gasteiger partial charge in [-0.15, -0.1) is 11.3 Å². The summed E-state index contributed by atoms with van der Waals surface area (Å²) in [6.07, 6.45) is 0.843. The Bertz CT molecular complexity index is 1300. The Morgan fingerprint density at radius 3 is 2.68 bits per heavy atom. The van der Waals surface area contributed by atoms with E-state index in [4.69, 9.17) is 10.7 Å². The lowest BCUT2D eigenvalue weighted by Gasteiger charge is -2.27. The topological polar surface area (TPSA) is 71.2 Å². The SMILES string of the molecule is CN1CCc2nc3sc(C(=O)Nc4ccccc4F)c(N)c3c(-c3ccccc3)c2C1. The van der Waals surface area contributed by atoms with Crippen molar-refractivity contribution in [1.82, 2.24) is 9.88 Å². The zero-order chi connectivity index (χ0) is 21.5. The van der Waals surface area contributed by atoms with E-state index in [0.29, 0.717) is 10.6 Å². The van der Waals surface area contributed by atoms with Gasteiger partial charge in [-0.2, -0.15) is 0 Å². The van der Waals surface area contributed by atoms with Gasteiger partial charge in [-0.05, 0) is 30.3 Å². The molecule has 2 aromatic carbocycles. The molecule has 3 N–H and O–H groups in total. The zero-order valence-corrected chi connectivity index (χ0v) is 17.8. The number of para-hydroxylation sites is 1. The van der Waals surface area contributed by atoms with Gasteiger partial charge < -0.3 is 16.0 Å². The van der Waals surface area contributed by atoms with E-state index in [9.17, 15) is 9.18 Å². The van der Waals surface area contributed by atoms with Gasteiger partial charge in [0.15, 0.2) is 0 Å². The quantitative estimate of drug-likeness (QED) is 0.482. The molecule has 5 nitrogen and oxygen atoms in total. The van der Waals surface area contributed by atoms with Gasteiger partial charge >= 0.3 is 0 Å². The average Bonchev–Trinajstić information content (AvgIpc) is 3.10.